The predicted octanol–water partition coefficient (Wildman–Crippen LogP) is 5.94. The minimum atomic E-state index is -5.25. The summed E-state index contributed by atoms with van der Waals surface area (Å²) < 4.78 is 78.3. The van der Waals surface area contributed by atoms with Crippen molar-refractivity contribution < 1.29 is 31.1 Å². The average Bonchev–Trinajstić information content (AvgIpc) is 3.26. The maximum Gasteiger partial charge on any atom is 0.417 e. The Morgan fingerprint density at radius 1 is 0.971 bits per heavy atom. The van der Waals surface area contributed by atoms with Crippen molar-refractivity contribution in [3.8, 4) is 0 Å². The van der Waals surface area contributed by atoms with Crippen molar-refractivity contribution in [1.29, 1.82) is 0 Å². The first-order valence-corrected chi connectivity index (χ1v) is 10.5. The van der Waals surface area contributed by atoms with Crippen molar-refractivity contribution in [2.75, 3.05) is 5.32 Å². The van der Waals surface area contributed by atoms with Crippen LogP contribution in [0.1, 0.15) is 27.0 Å². The minimum absolute atomic E-state index is 0.128. The zero-order chi connectivity index (χ0) is 24.5. The summed E-state index contributed by atoms with van der Waals surface area (Å²) in [5, 5.41) is 10.3. The number of aromatic amines is 1. The van der Waals surface area contributed by atoms with Gasteiger partial charge in [0.25, 0.3) is 5.91 Å². The molecular formula is C21H13F6N5OS. The van der Waals surface area contributed by atoms with Crippen molar-refractivity contribution in [3.63, 3.8) is 0 Å². The Kier molecular flexibility index (Phi) is 6.21. The van der Waals surface area contributed by atoms with Gasteiger partial charge >= 0.3 is 12.4 Å². The van der Waals surface area contributed by atoms with Gasteiger partial charge in [0.2, 0.25) is 0 Å². The van der Waals surface area contributed by atoms with Gasteiger partial charge in [-0.25, -0.2) is 9.97 Å². The molecule has 0 saturated heterocycles. The Balaban J connectivity index is 1.51. The molecule has 13 heteroatoms. The van der Waals surface area contributed by atoms with Crippen LogP contribution in [0.3, 0.4) is 0 Å². The number of thioether (sulfide) groups is 1. The van der Waals surface area contributed by atoms with E-state index in [-0.39, 0.29) is 11.6 Å². The number of amides is 1. The van der Waals surface area contributed by atoms with Gasteiger partial charge in [-0.05, 0) is 35.9 Å². The third kappa shape index (κ3) is 5.14. The number of H-pyrrole nitrogens is 1. The van der Waals surface area contributed by atoms with Gasteiger partial charge in [-0.1, -0.05) is 12.1 Å². The third-order valence-corrected chi connectivity index (χ3v) is 5.74. The summed E-state index contributed by atoms with van der Waals surface area (Å²) >= 11 is 1.37. The molecule has 0 fully saturated rings. The predicted molar refractivity (Wildman–Crippen MR) is 112 cm³/mol. The van der Waals surface area contributed by atoms with Crippen molar-refractivity contribution in [3.05, 3.63) is 77.2 Å². The number of hydrogen-bond acceptors (Lipinski definition) is 5. The van der Waals surface area contributed by atoms with Gasteiger partial charge in [0.15, 0.2) is 5.65 Å². The lowest BCUT2D eigenvalue weighted by Crippen LogP contribution is -2.18. The summed E-state index contributed by atoms with van der Waals surface area (Å²) in [6, 6.07) is 7.65. The van der Waals surface area contributed by atoms with Crippen LogP contribution in [-0.4, -0.2) is 26.1 Å². The normalized spacial score (nSPS) is 12.2. The van der Waals surface area contributed by atoms with Crippen LogP contribution in [0.15, 0.2) is 60.0 Å². The number of carbonyl (C=O) groups is 1. The molecule has 4 aromatic rings. The average molecular weight is 497 g/mol. The molecule has 2 N–H and O–H groups in total. The quantitative estimate of drug-likeness (QED) is 0.203. The number of aromatic nitrogens is 4. The number of anilines is 1. The zero-order valence-electron chi connectivity index (χ0n) is 16.8. The van der Waals surface area contributed by atoms with Crippen LogP contribution in [-0.2, 0) is 18.1 Å². The van der Waals surface area contributed by atoms with Crippen LogP contribution in [0.2, 0.25) is 0 Å². The molecule has 0 spiro atoms. The van der Waals surface area contributed by atoms with E-state index in [9.17, 15) is 31.1 Å². The van der Waals surface area contributed by atoms with Crippen LogP contribution in [0.25, 0.3) is 11.0 Å². The maximum absolute atomic E-state index is 13.1. The van der Waals surface area contributed by atoms with E-state index in [0.717, 1.165) is 17.0 Å². The second-order valence-corrected chi connectivity index (χ2v) is 7.97. The summed E-state index contributed by atoms with van der Waals surface area (Å²) in [7, 11) is 0. The molecule has 4 rings (SSSR count). The molecule has 0 atom stereocenters. The van der Waals surface area contributed by atoms with E-state index in [0.29, 0.717) is 22.5 Å². The summed E-state index contributed by atoms with van der Waals surface area (Å²) in [6.45, 7) is 0. The maximum atomic E-state index is 13.1. The van der Waals surface area contributed by atoms with Gasteiger partial charge in [0.1, 0.15) is 11.4 Å². The highest BCUT2D eigenvalue weighted by Crippen LogP contribution is 2.41. The Bertz CT molecular complexity index is 1350. The summed E-state index contributed by atoms with van der Waals surface area (Å²) in [5.74, 6) is -0.351. The molecule has 6 nitrogen and oxygen atoms in total. The van der Waals surface area contributed by atoms with E-state index in [1.165, 1.54) is 30.2 Å². The number of alkyl halides is 6. The van der Waals surface area contributed by atoms with E-state index >= 15 is 0 Å². The fourth-order valence-electron chi connectivity index (χ4n) is 3.12. The number of benzene rings is 2. The lowest BCUT2D eigenvalue weighted by Gasteiger charge is -2.17. The molecule has 1 amide bonds. The topological polar surface area (TPSA) is 83.6 Å². The first-order chi connectivity index (χ1) is 16.0. The molecule has 0 aliphatic rings. The number of halogens is 6. The number of rotatable bonds is 5. The van der Waals surface area contributed by atoms with Crippen molar-refractivity contribution in [2.45, 2.75) is 23.1 Å². The molecule has 2 aromatic heterocycles. The highest BCUT2D eigenvalue weighted by Gasteiger charge is 2.43. The van der Waals surface area contributed by atoms with E-state index in [1.54, 1.807) is 18.3 Å². The summed E-state index contributed by atoms with van der Waals surface area (Å²) in [6.07, 6.45) is -7.47. The first kappa shape index (κ1) is 23.5. The van der Waals surface area contributed by atoms with Gasteiger partial charge < -0.3 is 5.32 Å². The standard InChI is InChI=1S/C21H13F6N5OS/c22-20(23,24)15-5-4-13(7-16(15)21(25,26)27)31-18(33)12-3-1-2-11(6-12)9-34-19-14-8-30-32-17(14)28-10-29-19/h1-8,10H,9H2,(H,31,33)(H,28,29,30,32). The van der Waals surface area contributed by atoms with E-state index in [4.69, 9.17) is 0 Å². The second kappa shape index (κ2) is 8.97. The van der Waals surface area contributed by atoms with Crippen molar-refractivity contribution in [1.82, 2.24) is 20.2 Å². The highest BCUT2D eigenvalue weighted by atomic mass is 32.2. The number of nitrogens with one attached hydrogen (secondary N) is 2. The Labute approximate surface area is 191 Å². The largest absolute Gasteiger partial charge is 0.417 e. The number of carbonyl (C=O) groups excluding carboxylic acids is 1. The smallest absolute Gasteiger partial charge is 0.322 e. The van der Waals surface area contributed by atoms with Crippen molar-refractivity contribution in [2.24, 2.45) is 0 Å². The zero-order valence-corrected chi connectivity index (χ0v) is 17.6. The van der Waals surface area contributed by atoms with E-state index in [2.05, 4.69) is 25.5 Å². The molecule has 0 unspecified atom stereocenters. The molecule has 2 aromatic carbocycles. The Morgan fingerprint density at radius 2 is 1.74 bits per heavy atom. The van der Waals surface area contributed by atoms with E-state index < -0.39 is 35.1 Å². The van der Waals surface area contributed by atoms with Crippen LogP contribution in [0.5, 0.6) is 0 Å². The molecule has 0 aliphatic heterocycles. The lowest BCUT2D eigenvalue weighted by molar-refractivity contribution is -0.162. The SMILES string of the molecule is O=C(Nc1ccc(C(F)(F)F)c(C(F)(F)F)c1)c1cccc(CSc2ncnc3[nH]ncc23)c1. The number of fused-ring (bicyclic) bond motifs is 1. The molecule has 176 valence electrons. The molecule has 2 heterocycles. The second-order valence-electron chi connectivity index (χ2n) is 7.01. The fourth-order valence-corrected chi connectivity index (χ4v) is 4.03. The van der Waals surface area contributed by atoms with Crippen molar-refractivity contribution >= 4 is 34.4 Å². The first-order valence-electron chi connectivity index (χ1n) is 9.48. The summed E-state index contributed by atoms with van der Waals surface area (Å²) in [4.78, 5) is 20.8. The molecular weight excluding hydrogens is 484 g/mol. The molecule has 0 bridgehead atoms. The van der Waals surface area contributed by atoms with Crippen LogP contribution in [0, 0.1) is 0 Å². The van der Waals surface area contributed by atoms with Gasteiger partial charge in [-0.3, -0.25) is 9.89 Å². The van der Waals surface area contributed by atoms with Crippen LogP contribution in [0.4, 0.5) is 32.0 Å². The Morgan fingerprint density at radius 3 is 2.47 bits per heavy atom. The van der Waals surface area contributed by atoms with Crippen LogP contribution >= 0.6 is 11.8 Å². The number of hydrogen-bond donors (Lipinski definition) is 2. The van der Waals surface area contributed by atoms with E-state index in [1.807, 2.05) is 0 Å². The van der Waals surface area contributed by atoms with Gasteiger partial charge in [0.05, 0.1) is 22.7 Å². The molecule has 0 radical (unpaired) electrons. The monoisotopic (exact) mass is 497 g/mol. The van der Waals surface area contributed by atoms with Gasteiger partial charge in [-0.2, -0.15) is 31.4 Å². The minimum Gasteiger partial charge on any atom is -0.322 e. The highest BCUT2D eigenvalue weighted by molar-refractivity contribution is 7.98. The number of nitrogens with zero attached hydrogens (tertiary/aromatic N) is 3. The van der Waals surface area contributed by atoms with Gasteiger partial charge in [-0.15, -0.1) is 11.8 Å². The van der Waals surface area contributed by atoms with Crippen LogP contribution < -0.4 is 5.32 Å². The molecule has 34 heavy (non-hydrogen) atoms. The Hall–Kier alpha value is -3.61. The fraction of sp³-hybridized carbons (Fsp3) is 0.143. The molecule has 0 saturated carbocycles. The summed E-state index contributed by atoms with van der Waals surface area (Å²) in [5.41, 5.74) is -2.69. The van der Waals surface area contributed by atoms with Gasteiger partial charge in [0, 0.05) is 17.0 Å². The lowest BCUT2D eigenvalue weighted by atomic mass is 10.1. The third-order valence-electron chi connectivity index (χ3n) is 4.66. The molecule has 0 aliphatic carbocycles.